The molecule has 0 radical (unpaired) electrons. The molecule has 1 saturated heterocycles. The molecule has 1 aliphatic heterocycles. The van der Waals surface area contributed by atoms with Gasteiger partial charge in [0.1, 0.15) is 0 Å². The second kappa shape index (κ2) is 8.21. The summed E-state index contributed by atoms with van der Waals surface area (Å²) in [7, 11) is 1.59. The Kier molecular flexibility index (Phi) is 5.77. The third-order valence-electron chi connectivity index (χ3n) is 4.22. The van der Waals surface area contributed by atoms with Crippen molar-refractivity contribution in [3.05, 3.63) is 23.8 Å². The molecule has 1 atom stereocenters. The molecule has 0 unspecified atom stereocenters. The number of rotatable bonds is 6. The molecule has 25 heavy (non-hydrogen) atoms. The van der Waals surface area contributed by atoms with Crippen molar-refractivity contribution in [3.63, 3.8) is 0 Å². The molecule has 3 heterocycles. The largest absolute Gasteiger partial charge is 0.481 e. The Morgan fingerprint density at radius 2 is 2.12 bits per heavy atom. The van der Waals surface area contributed by atoms with Crippen molar-refractivity contribution < 1.29 is 9.53 Å². The van der Waals surface area contributed by atoms with Crippen LogP contribution in [0.15, 0.2) is 23.8 Å². The number of nitrogens with zero attached hydrogens (tertiary/aromatic N) is 5. The lowest BCUT2D eigenvalue weighted by molar-refractivity contribution is -0.121. The summed E-state index contributed by atoms with van der Waals surface area (Å²) in [5, 5.41) is 5.40. The van der Waals surface area contributed by atoms with Gasteiger partial charge in [-0.2, -0.15) is 4.98 Å². The Labute approximate surface area is 150 Å². The summed E-state index contributed by atoms with van der Waals surface area (Å²) in [5.74, 6) is 1.23. The molecule has 0 bridgehead atoms. The second-order valence-corrected chi connectivity index (χ2v) is 6.57. The lowest BCUT2D eigenvalue weighted by Gasteiger charge is -2.38. The van der Waals surface area contributed by atoms with Crippen LogP contribution >= 0.6 is 11.3 Å². The summed E-state index contributed by atoms with van der Waals surface area (Å²) < 4.78 is 5.16. The summed E-state index contributed by atoms with van der Waals surface area (Å²) in [4.78, 5) is 29.7. The summed E-state index contributed by atoms with van der Waals surface area (Å²) in [5.41, 5.74) is 0. The van der Waals surface area contributed by atoms with Gasteiger partial charge in [0, 0.05) is 50.0 Å². The van der Waals surface area contributed by atoms with Crippen LogP contribution in [0.25, 0.3) is 0 Å². The average molecular weight is 362 g/mol. The molecule has 1 fully saturated rings. The van der Waals surface area contributed by atoms with Gasteiger partial charge < -0.3 is 15.0 Å². The third kappa shape index (κ3) is 4.23. The molecule has 3 rings (SSSR count). The number of anilines is 2. The van der Waals surface area contributed by atoms with Crippen molar-refractivity contribution in [1.29, 1.82) is 0 Å². The Balaban J connectivity index is 1.59. The van der Waals surface area contributed by atoms with Gasteiger partial charge in [0.05, 0.1) is 13.2 Å². The number of piperazine rings is 1. The minimum Gasteiger partial charge on any atom is -0.481 e. The fourth-order valence-electron chi connectivity index (χ4n) is 2.92. The Bertz CT molecular complexity index is 688. The molecule has 2 aromatic heterocycles. The maximum Gasteiger partial charge on any atom is 0.243 e. The monoisotopic (exact) mass is 362 g/mol. The zero-order valence-electron chi connectivity index (χ0n) is 14.4. The van der Waals surface area contributed by atoms with Crippen LogP contribution in [0.4, 0.5) is 11.1 Å². The topological polar surface area (TPSA) is 83.5 Å². The first-order valence-electron chi connectivity index (χ1n) is 8.27. The SMILES string of the molecule is CC[C@H](C(=O)Nc1nccs1)N1CCN(c2nccc(OC)n2)CC1. The second-order valence-electron chi connectivity index (χ2n) is 5.67. The van der Waals surface area contributed by atoms with Gasteiger partial charge in [0.25, 0.3) is 0 Å². The maximum atomic E-state index is 12.5. The van der Waals surface area contributed by atoms with Crippen molar-refractivity contribution in [3.8, 4) is 5.88 Å². The van der Waals surface area contributed by atoms with Crippen molar-refractivity contribution in [2.75, 3.05) is 43.5 Å². The lowest BCUT2D eigenvalue weighted by Crippen LogP contribution is -2.54. The van der Waals surface area contributed by atoms with E-state index >= 15 is 0 Å². The van der Waals surface area contributed by atoms with Gasteiger partial charge in [-0.3, -0.25) is 9.69 Å². The normalized spacial score (nSPS) is 16.5. The number of hydrogen-bond donors (Lipinski definition) is 1. The van der Waals surface area contributed by atoms with Gasteiger partial charge in [-0.05, 0) is 6.42 Å². The quantitative estimate of drug-likeness (QED) is 0.833. The molecule has 1 aliphatic rings. The predicted octanol–water partition coefficient (Wildman–Crippen LogP) is 1.48. The third-order valence-corrected chi connectivity index (χ3v) is 4.90. The number of carbonyl (C=O) groups is 1. The van der Waals surface area contributed by atoms with Crippen LogP contribution in [0.3, 0.4) is 0 Å². The first-order valence-corrected chi connectivity index (χ1v) is 9.15. The van der Waals surface area contributed by atoms with Crippen molar-refractivity contribution >= 4 is 28.3 Å². The summed E-state index contributed by atoms with van der Waals surface area (Å²) >= 11 is 1.43. The summed E-state index contributed by atoms with van der Waals surface area (Å²) in [6, 6.07) is 1.58. The number of amides is 1. The summed E-state index contributed by atoms with van der Waals surface area (Å²) in [6.45, 7) is 5.14. The molecule has 134 valence electrons. The Morgan fingerprint density at radius 3 is 2.76 bits per heavy atom. The van der Waals surface area contributed by atoms with E-state index in [-0.39, 0.29) is 11.9 Å². The van der Waals surface area contributed by atoms with Gasteiger partial charge in [-0.25, -0.2) is 9.97 Å². The van der Waals surface area contributed by atoms with Crippen LogP contribution in [-0.4, -0.2) is 65.1 Å². The molecule has 0 spiro atoms. The number of methoxy groups -OCH3 is 1. The van der Waals surface area contributed by atoms with Crippen molar-refractivity contribution in [1.82, 2.24) is 19.9 Å². The van der Waals surface area contributed by atoms with Gasteiger partial charge in [-0.1, -0.05) is 6.92 Å². The molecule has 0 aromatic carbocycles. The van der Waals surface area contributed by atoms with E-state index in [4.69, 9.17) is 4.74 Å². The zero-order chi connectivity index (χ0) is 17.6. The van der Waals surface area contributed by atoms with Crippen LogP contribution in [0.2, 0.25) is 0 Å². The summed E-state index contributed by atoms with van der Waals surface area (Å²) in [6.07, 6.45) is 4.14. The molecule has 1 amide bonds. The molecule has 8 nitrogen and oxygen atoms in total. The van der Waals surface area contributed by atoms with E-state index < -0.39 is 0 Å². The van der Waals surface area contributed by atoms with Crippen LogP contribution < -0.4 is 15.0 Å². The number of thiazole rings is 1. The Morgan fingerprint density at radius 1 is 1.32 bits per heavy atom. The van der Waals surface area contributed by atoms with Gasteiger partial charge in [-0.15, -0.1) is 11.3 Å². The fourth-order valence-corrected chi connectivity index (χ4v) is 3.45. The van der Waals surface area contributed by atoms with Crippen LogP contribution in [-0.2, 0) is 4.79 Å². The van der Waals surface area contributed by atoms with E-state index in [9.17, 15) is 4.79 Å². The highest BCUT2D eigenvalue weighted by molar-refractivity contribution is 7.13. The minimum atomic E-state index is -0.155. The first-order chi connectivity index (χ1) is 12.2. The molecular formula is C16H22N6O2S. The van der Waals surface area contributed by atoms with Crippen LogP contribution in [0.5, 0.6) is 5.88 Å². The van der Waals surface area contributed by atoms with E-state index in [1.165, 1.54) is 11.3 Å². The molecule has 1 N–H and O–H groups in total. The van der Waals surface area contributed by atoms with Gasteiger partial charge >= 0.3 is 0 Å². The van der Waals surface area contributed by atoms with E-state index in [2.05, 4.69) is 30.1 Å². The number of hydrogen-bond acceptors (Lipinski definition) is 8. The van der Waals surface area contributed by atoms with Gasteiger partial charge in [0.15, 0.2) is 5.13 Å². The van der Waals surface area contributed by atoms with Crippen LogP contribution in [0.1, 0.15) is 13.3 Å². The first kappa shape index (κ1) is 17.6. The zero-order valence-corrected chi connectivity index (χ0v) is 15.2. The maximum absolute atomic E-state index is 12.5. The predicted molar refractivity (Wildman–Crippen MR) is 97.2 cm³/mol. The van der Waals surface area contributed by atoms with E-state index in [0.29, 0.717) is 17.0 Å². The highest BCUT2D eigenvalue weighted by atomic mass is 32.1. The molecular weight excluding hydrogens is 340 g/mol. The number of aromatic nitrogens is 3. The Hall–Kier alpha value is -2.26. The molecule has 2 aromatic rings. The smallest absolute Gasteiger partial charge is 0.243 e. The highest BCUT2D eigenvalue weighted by Gasteiger charge is 2.29. The van der Waals surface area contributed by atoms with Crippen molar-refractivity contribution in [2.45, 2.75) is 19.4 Å². The fraction of sp³-hybridized carbons (Fsp3) is 0.500. The number of nitrogens with one attached hydrogen (secondary N) is 1. The van der Waals surface area contributed by atoms with E-state index in [0.717, 1.165) is 32.6 Å². The average Bonchev–Trinajstić information content (AvgIpc) is 3.16. The molecule has 0 saturated carbocycles. The van der Waals surface area contributed by atoms with Crippen LogP contribution in [0, 0.1) is 0 Å². The molecule has 0 aliphatic carbocycles. The number of ether oxygens (including phenoxy) is 1. The minimum absolute atomic E-state index is 0.00327. The van der Waals surface area contributed by atoms with E-state index in [1.54, 1.807) is 25.6 Å². The van der Waals surface area contributed by atoms with E-state index in [1.807, 2.05) is 12.3 Å². The van der Waals surface area contributed by atoms with Crippen molar-refractivity contribution in [2.24, 2.45) is 0 Å². The lowest BCUT2D eigenvalue weighted by atomic mass is 10.1. The number of carbonyl (C=O) groups excluding carboxylic acids is 1. The standard InChI is InChI=1S/C16H22N6O2S/c1-3-12(14(23)20-16-18-6-11-25-16)21-7-9-22(10-8-21)15-17-5-4-13(19-15)24-2/h4-6,11-12H,3,7-10H2,1-2H3,(H,18,20,23)/t12-/m1/s1. The highest BCUT2D eigenvalue weighted by Crippen LogP contribution is 2.18. The molecule has 9 heteroatoms. The van der Waals surface area contributed by atoms with Gasteiger partial charge in [0.2, 0.25) is 17.7 Å².